The van der Waals surface area contributed by atoms with Crippen molar-refractivity contribution in [2.45, 2.75) is 63.6 Å². The highest BCUT2D eigenvalue weighted by atomic mass is 35.5. The number of hydrogen-bond donors (Lipinski definition) is 1. The van der Waals surface area contributed by atoms with Gasteiger partial charge in [-0.3, -0.25) is 4.79 Å². The largest absolute Gasteiger partial charge is 0.417 e. The van der Waals surface area contributed by atoms with Gasteiger partial charge in [0, 0.05) is 38.4 Å². The molecular weight excluding hydrogens is 419 g/mol. The molecule has 5 nitrogen and oxygen atoms in total. The summed E-state index contributed by atoms with van der Waals surface area (Å²) in [6, 6.07) is 0.901. The number of amides is 1. The number of halogens is 4. The van der Waals surface area contributed by atoms with Crippen molar-refractivity contribution in [2.24, 2.45) is 5.92 Å². The number of nitrogens with one attached hydrogen (secondary N) is 1. The molecule has 1 aromatic heterocycles. The number of carbonyl (C=O) groups is 1. The van der Waals surface area contributed by atoms with Crippen LogP contribution in [0.4, 0.5) is 19.0 Å². The van der Waals surface area contributed by atoms with Gasteiger partial charge in [-0.05, 0) is 38.2 Å². The van der Waals surface area contributed by atoms with Gasteiger partial charge in [0.1, 0.15) is 5.82 Å². The first-order chi connectivity index (χ1) is 14.3. The van der Waals surface area contributed by atoms with Gasteiger partial charge < -0.3 is 15.0 Å². The van der Waals surface area contributed by atoms with Crippen LogP contribution >= 0.6 is 11.6 Å². The number of hydrogen-bond acceptors (Lipinski definition) is 4. The highest BCUT2D eigenvalue weighted by molar-refractivity contribution is 6.33. The Bertz CT molecular complexity index is 703. The standard InChI is InChI=1S/C21H29ClF3N3O2/c22-18-13-16(21(23,24)25)14-27-19(18)28-10-7-15(8-11-28)20(29)26-9-4-12-30-17-5-2-1-3-6-17/h13-15,17H,1-12H2,(H,26,29). The fourth-order valence-electron chi connectivity index (χ4n) is 4.08. The van der Waals surface area contributed by atoms with E-state index in [1.807, 2.05) is 4.90 Å². The van der Waals surface area contributed by atoms with Gasteiger partial charge in [0.15, 0.2) is 0 Å². The summed E-state index contributed by atoms with van der Waals surface area (Å²) in [5.41, 5.74) is -0.863. The number of rotatable bonds is 7. The SMILES string of the molecule is O=C(NCCCOC1CCCCC1)C1CCN(c2ncc(C(F)(F)F)cc2Cl)CC1. The van der Waals surface area contributed by atoms with E-state index in [1.165, 1.54) is 19.3 Å². The first kappa shape index (κ1) is 23.1. The third-order valence-electron chi connectivity index (χ3n) is 5.84. The number of alkyl halides is 3. The van der Waals surface area contributed by atoms with Gasteiger partial charge in [-0.1, -0.05) is 30.9 Å². The van der Waals surface area contributed by atoms with Crippen LogP contribution in [0.3, 0.4) is 0 Å². The Labute approximate surface area is 180 Å². The summed E-state index contributed by atoms with van der Waals surface area (Å²) < 4.78 is 44.2. The molecule has 1 aliphatic carbocycles. The maximum absolute atomic E-state index is 12.8. The van der Waals surface area contributed by atoms with Gasteiger partial charge in [0.25, 0.3) is 0 Å². The zero-order valence-electron chi connectivity index (χ0n) is 17.0. The molecule has 168 valence electrons. The maximum atomic E-state index is 12.8. The smallest absolute Gasteiger partial charge is 0.378 e. The first-order valence-corrected chi connectivity index (χ1v) is 11.1. The lowest BCUT2D eigenvalue weighted by Gasteiger charge is -2.32. The average molecular weight is 448 g/mol. The topological polar surface area (TPSA) is 54.5 Å². The molecule has 1 aromatic rings. The first-order valence-electron chi connectivity index (χ1n) is 10.7. The summed E-state index contributed by atoms with van der Waals surface area (Å²) in [5.74, 6) is 0.260. The Morgan fingerprint density at radius 1 is 1.20 bits per heavy atom. The molecule has 1 amide bonds. The molecular formula is C21H29ClF3N3O2. The number of ether oxygens (including phenoxy) is 1. The van der Waals surface area contributed by atoms with E-state index >= 15 is 0 Å². The van der Waals surface area contributed by atoms with Crippen LogP contribution in [0, 0.1) is 5.92 Å². The quantitative estimate of drug-likeness (QED) is 0.608. The molecule has 0 radical (unpaired) electrons. The number of aromatic nitrogens is 1. The van der Waals surface area contributed by atoms with Crippen LogP contribution in [0.1, 0.15) is 56.9 Å². The third kappa shape index (κ3) is 6.48. The van der Waals surface area contributed by atoms with E-state index in [2.05, 4.69) is 10.3 Å². The van der Waals surface area contributed by atoms with Crippen molar-refractivity contribution in [1.29, 1.82) is 0 Å². The summed E-state index contributed by atoms with van der Waals surface area (Å²) in [5, 5.41) is 2.95. The van der Waals surface area contributed by atoms with Crippen molar-refractivity contribution >= 4 is 23.3 Å². The molecule has 1 aliphatic heterocycles. The van der Waals surface area contributed by atoms with Gasteiger partial charge in [0.05, 0.1) is 16.7 Å². The minimum atomic E-state index is -4.47. The molecule has 1 saturated carbocycles. The molecule has 1 saturated heterocycles. The fourth-order valence-corrected chi connectivity index (χ4v) is 4.37. The molecule has 9 heteroatoms. The number of carbonyl (C=O) groups excluding carboxylic acids is 1. The molecule has 0 atom stereocenters. The van der Waals surface area contributed by atoms with Gasteiger partial charge in [-0.25, -0.2) is 4.98 Å². The van der Waals surface area contributed by atoms with Crippen molar-refractivity contribution in [2.75, 3.05) is 31.1 Å². The van der Waals surface area contributed by atoms with Crippen LogP contribution in [-0.4, -0.2) is 43.2 Å². The van der Waals surface area contributed by atoms with E-state index < -0.39 is 11.7 Å². The Hall–Kier alpha value is -1.54. The van der Waals surface area contributed by atoms with E-state index in [0.717, 1.165) is 31.5 Å². The van der Waals surface area contributed by atoms with E-state index in [9.17, 15) is 18.0 Å². The van der Waals surface area contributed by atoms with Crippen molar-refractivity contribution in [3.8, 4) is 0 Å². The van der Waals surface area contributed by atoms with Crippen LogP contribution in [0.2, 0.25) is 5.02 Å². The highest BCUT2D eigenvalue weighted by Gasteiger charge is 2.33. The van der Waals surface area contributed by atoms with Gasteiger partial charge in [-0.15, -0.1) is 0 Å². The maximum Gasteiger partial charge on any atom is 0.417 e. The van der Waals surface area contributed by atoms with Crippen LogP contribution in [0.15, 0.2) is 12.3 Å². The minimum absolute atomic E-state index is 0.0225. The number of pyridine rings is 1. The van der Waals surface area contributed by atoms with Gasteiger partial charge in [-0.2, -0.15) is 13.2 Å². The second-order valence-corrected chi connectivity index (χ2v) is 8.47. The average Bonchev–Trinajstić information content (AvgIpc) is 2.73. The van der Waals surface area contributed by atoms with Crippen molar-refractivity contribution in [3.05, 3.63) is 22.8 Å². The monoisotopic (exact) mass is 447 g/mol. The second-order valence-electron chi connectivity index (χ2n) is 8.06. The Morgan fingerprint density at radius 2 is 1.90 bits per heavy atom. The van der Waals surface area contributed by atoms with Crippen molar-refractivity contribution in [1.82, 2.24) is 10.3 Å². The van der Waals surface area contributed by atoms with Crippen molar-refractivity contribution < 1.29 is 22.7 Å². The molecule has 0 spiro atoms. The lowest BCUT2D eigenvalue weighted by molar-refractivity contribution is -0.137. The van der Waals surface area contributed by atoms with Crippen LogP contribution < -0.4 is 10.2 Å². The van der Waals surface area contributed by atoms with Crippen LogP contribution in [0.25, 0.3) is 0 Å². The van der Waals surface area contributed by atoms with Gasteiger partial charge >= 0.3 is 6.18 Å². The molecule has 2 fully saturated rings. The number of piperidine rings is 1. The lowest BCUT2D eigenvalue weighted by atomic mass is 9.96. The predicted molar refractivity (Wildman–Crippen MR) is 110 cm³/mol. The van der Waals surface area contributed by atoms with E-state index in [0.29, 0.717) is 51.0 Å². The molecule has 0 aromatic carbocycles. The summed E-state index contributed by atoms with van der Waals surface area (Å²) in [6.07, 6.45) is 4.81. The molecule has 0 bridgehead atoms. The van der Waals surface area contributed by atoms with E-state index in [-0.39, 0.29) is 16.8 Å². The van der Waals surface area contributed by atoms with E-state index in [1.54, 1.807) is 0 Å². The summed E-state index contributed by atoms with van der Waals surface area (Å²) in [4.78, 5) is 18.1. The highest BCUT2D eigenvalue weighted by Crippen LogP contribution is 2.34. The molecule has 1 N–H and O–H groups in total. The summed E-state index contributed by atoms with van der Waals surface area (Å²) >= 11 is 6.03. The minimum Gasteiger partial charge on any atom is -0.378 e. The van der Waals surface area contributed by atoms with Crippen LogP contribution in [0.5, 0.6) is 0 Å². The summed E-state index contributed by atoms with van der Waals surface area (Å²) in [6.45, 7) is 2.32. The van der Waals surface area contributed by atoms with Crippen molar-refractivity contribution in [3.63, 3.8) is 0 Å². The molecule has 2 heterocycles. The zero-order valence-corrected chi connectivity index (χ0v) is 17.8. The normalized spacial score (nSPS) is 19.1. The molecule has 2 aliphatic rings. The molecule has 30 heavy (non-hydrogen) atoms. The molecule has 3 rings (SSSR count). The van der Waals surface area contributed by atoms with Crippen LogP contribution in [-0.2, 0) is 15.7 Å². The van der Waals surface area contributed by atoms with E-state index in [4.69, 9.17) is 16.3 Å². The number of nitrogens with zero attached hydrogens (tertiary/aromatic N) is 2. The molecule has 0 unspecified atom stereocenters. The lowest BCUT2D eigenvalue weighted by Crippen LogP contribution is -2.41. The Morgan fingerprint density at radius 3 is 2.53 bits per heavy atom. The fraction of sp³-hybridized carbons (Fsp3) is 0.714. The predicted octanol–water partition coefficient (Wildman–Crippen LogP) is 4.83. The summed E-state index contributed by atoms with van der Waals surface area (Å²) in [7, 11) is 0. The second kappa shape index (κ2) is 10.7. The Kier molecular flexibility index (Phi) is 8.22. The third-order valence-corrected chi connectivity index (χ3v) is 6.12. The Balaban J connectivity index is 1.37. The number of anilines is 1. The van der Waals surface area contributed by atoms with Gasteiger partial charge in [0.2, 0.25) is 5.91 Å². The zero-order chi connectivity index (χ0) is 21.6.